The van der Waals surface area contributed by atoms with Crippen molar-refractivity contribution in [2.45, 2.75) is 17.7 Å². The molecule has 0 saturated carbocycles. The molecule has 90 valence electrons. The molecule has 0 bridgehead atoms. The minimum Gasteiger partial charge on any atom is -0.307 e. The summed E-state index contributed by atoms with van der Waals surface area (Å²) in [6.07, 6.45) is 5.93. The fraction of sp³-hybridized carbons (Fsp3) is 0.143. The molecule has 0 N–H and O–H groups in total. The summed E-state index contributed by atoms with van der Waals surface area (Å²) < 4.78 is 2.07. The lowest BCUT2D eigenvalue weighted by Gasteiger charge is -1.96. The Morgan fingerprint density at radius 2 is 2.17 bits per heavy atom. The molecular formula is C14H13N3S. The molecule has 0 amide bonds. The van der Waals surface area contributed by atoms with Gasteiger partial charge in [-0.15, -0.1) is 0 Å². The van der Waals surface area contributed by atoms with E-state index in [-0.39, 0.29) is 0 Å². The van der Waals surface area contributed by atoms with Gasteiger partial charge in [-0.3, -0.25) is 0 Å². The predicted molar refractivity (Wildman–Crippen MR) is 73.7 cm³/mol. The lowest BCUT2D eigenvalue weighted by atomic mass is 10.3. The smallest absolute Gasteiger partial charge is 0.139 e. The molecule has 0 atom stereocenters. The number of fused-ring (bicyclic) bond motifs is 1. The van der Waals surface area contributed by atoms with E-state index in [2.05, 4.69) is 33.6 Å². The van der Waals surface area contributed by atoms with Crippen LogP contribution in [-0.2, 0) is 5.75 Å². The molecule has 0 aromatic carbocycles. The number of pyridine rings is 2. The predicted octanol–water partition coefficient (Wildman–Crippen LogP) is 3.33. The molecule has 4 heteroatoms. The largest absolute Gasteiger partial charge is 0.307 e. The molecule has 0 spiro atoms. The first-order chi connectivity index (χ1) is 8.83. The molecule has 3 heterocycles. The van der Waals surface area contributed by atoms with Gasteiger partial charge < -0.3 is 4.40 Å². The van der Waals surface area contributed by atoms with Crippen molar-refractivity contribution in [3.05, 3.63) is 60.2 Å². The zero-order valence-corrected chi connectivity index (χ0v) is 10.9. The number of rotatable bonds is 3. The fourth-order valence-corrected chi connectivity index (χ4v) is 2.60. The van der Waals surface area contributed by atoms with Gasteiger partial charge in [0.05, 0.1) is 10.7 Å². The Morgan fingerprint density at radius 3 is 2.94 bits per heavy atom. The second-order valence-corrected chi connectivity index (χ2v) is 5.11. The average molecular weight is 255 g/mol. The first kappa shape index (κ1) is 11.3. The Labute approximate surface area is 110 Å². The van der Waals surface area contributed by atoms with Crippen LogP contribution < -0.4 is 0 Å². The molecular weight excluding hydrogens is 242 g/mol. The summed E-state index contributed by atoms with van der Waals surface area (Å²) in [6.45, 7) is 2.08. The van der Waals surface area contributed by atoms with Crippen LogP contribution in [0.2, 0.25) is 0 Å². The van der Waals surface area contributed by atoms with Crippen molar-refractivity contribution in [2.24, 2.45) is 0 Å². The van der Waals surface area contributed by atoms with E-state index in [4.69, 9.17) is 0 Å². The van der Waals surface area contributed by atoms with Crippen LogP contribution in [0.4, 0.5) is 0 Å². The molecule has 3 aromatic rings. The minimum absolute atomic E-state index is 0.845. The van der Waals surface area contributed by atoms with E-state index in [1.165, 1.54) is 5.56 Å². The second kappa shape index (κ2) is 4.82. The molecule has 3 aromatic heterocycles. The van der Waals surface area contributed by atoms with Gasteiger partial charge in [-0.25, -0.2) is 9.97 Å². The van der Waals surface area contributed by atoms with Gasteiger partial charge in [0, 0.05) is 24.3 Å². The van der Waals surface area contributed by atoms with Crippen molar-refractivity contribution in [2.75, 3.05) is 0 Å². The summed E-state index contributed by atoms with van der Waals surface area (Å²) in [7, 11) is 0. The molecule has 0 aliphatic carbocycles. The van der Waals surface area contributed by atoms with Gasteiger partial charge in [0.15, 0.2) is 0 Å². The summed E-state index contributed by atoms with van der Waals surface area (Å²) in [5.41, 5.74) is 3.32. The Balaban J connectivity index is 1.81. The topological polar surface area (TPSA) is 30.2 Å². The summed E-state index contributed by atoms with van der Waals surface area (Å²) >= 11 is 1.71. The van der Waals surface area contributed by atoms with Gasteiger partial charge in [-0.1, -0.05) is 23.9 Å². The molecule has 0 radical (unpaired) electrons. The fourth-order valence-electron chi connectivity index (χ4n) is 1.85. The Bertz CT molecular complexity index is 661. The number of nitrogens with zero attached hydrogens (tertiary/aromatic N) is 3. The highest BCUT2D eigenvalue weighted by atomic mass is 32.2. The first-order valence-corrected chi connectivity index (χ1v) is 6.78. The van der Waals surface area contributed by atoms with Crippen LogP contribution in [0.1, 0.15) is 11.3 Å². The van der Waals surface area contributed by atoms with Gasteiger partial charge >= 0.3 is 0 Å². The standard InChI is InChI=1S/C14H13N3S/c1-11-5-4-8-17-9-12(16-14(11)17)10-18-13-6-2-3-7-15-13/h2-9H,10H2,1H3. The van der Waals surface area contributed by atoms with E-state index >= 15 is 0 Å². The van der Waals surface area contributed by atoms with Gasteiger partial charge in [-0.05, 0) is 30.7 Å². The number of aryl methyl sites for hydroxylation is 1. The lowest BCUT2D eigenvalue weighted by molar-refractivity contribution is 1.13. The monoisotopic (exact) mass is 255 g/mol. The van der Waals surface area contributed by atoms with Crippen LogP contribution in [-0.4, -0.2) is 14.4 Å². The Morgan fingerprint density at radius 1 is 1.22 bits per heavy atom. The van der Waals surface area contributed by atoms with Gasteiger partial charge in [0.25, 0.3) is 0 Å². The van der Waals surface area contributed by atoms with Gasteiger partial charge in [0.2, 0.25) is 0 Å². The van der Waals surface area contributed by atoms with Crippen LogP contribution in [0.25, 0.3) is 5.65 Å². The zero-order chi connectivity index (χ0) is 12.4. The molecule has 0 saturated heterocycles. The van der Waals surface area contributed by atoms with Gasteiger partial charge in [0.1, 0.15) is 5.65 Å². The number of thioether (sulfide) groups is 1. The molecule has 0 aliphatic heterocycles. The summed E-state index contributed by atoms with van der Waals surface area (Å²) in [4.78, 5) is 8.94. The quantitative estimate of drug-likeness (QED) is 0.672. The highest BCUT2D eigenvalue weighted by molar-refractivity contribution is 7.98. The normalized spacial score (nSPS) is 10.9. The van der Waals surface area contributed by atoms with Crippen molar-refractivity contribution in [3.8, 4) is 0 Å². The number of imidazole rings is 1. The maximum atomic E-state index is 4.64. The van der Waals surface area contributed by atoms with Gasteiger partial charge in [-0.2, -0.15) is 0 Å². The maximum absolute atomic E-state index is 4.64. The number of hydrogen-bond acceptors (Lipinski definition) is 3. The molecule has 0 aliphatic rings. The van der Waals surface area contributed by atoms with Crippen LogP contribution in [0.5, 0.6) is 0 Å². The third-order valence-corrected chi connectivity index (χ3v) is 3.71. The van der Waals surface area contributed by atoms with Crippen LogP contribution >= 0.6 is 11.8 Å². The van der Waals surface area contributed by atoms with E-state index in [1.807, 2.05) is 36.7 Å². The molecule has 3 nitrogen and oxygen atoms in total. The van der Waals surface area contributed by atoms with E-state index in [0.717, 1.165) is 22.1 Å². The summed E-state index contributed by atoms with van der Waals surface area (Å²) in [5.74, 6) is 0.845. The highest BCUT2D eigenvalue weighted by Crippen LogP contribution is 2.20. The highest BCUT2D eigenvalue weighted by Gasteiger charge is 2.04. The van der Waals surface area contributed by atoms with E-state index < -0.39 is 0 Å². The maximum Gasteiger partial charge on any atom is 0.139 e. The van der Waals surface area contributed by atoms with Crippen LogP contribution in [0.15, 0.2) is 53.9 Å². The first-order valence-electron chi connectivity index (χ1n) is 5.80. The number of aromatic nitrogens is 3. The molecule has 0 fully saturated rings. The zero-order valence-electron chi connectivity index (χ0n) is 10.1. The van der Waals surface area contributed by atoms with E-state index in [1.54, 1.807) is 11.8 Å². The SMILES string of the molecule is Cc1cccn2cc(CSc3ccccn3)nc12. The second-order valence-electron chi connectivity index (χ2n) is 4.11. The Kier molecular flexibility index (Phi) is 3.02. The third-order valence-electron chi connectivity index (χ3n) is 2.73. The molecule has 0 unspecified atom stereocenters. The van der Waals surface area contributed by atoms with Crippen molar-refractivity contribution in [1.82, 2.24) is 14.4 Å². The van der Waals surface area contributed by atoms with E-state index in [9.17, 15) is 0 Å². The molecule has 3 rings (SSSR count). The van der Waals surface area contributed by atoms with Crippen LogP contribution in [0.3, 0.4) is 0 Å². The van der Waals surface area contributed by atoms with E-state index in [0.29, 0.717) is 0 Å². The summed E-state index contributed by atoms with van der Waals surface area (Å²) in [5, 5.41) is 1.03. The Hall–Kier alpha value is -1.81. The van der Waals surface area contributed by atoms with Crippen molar-refractivity contribution in [1.29, 1.82) is 0 Å². The summed E-state index contributed by atoms with van der Waals surface area (Å²) in [6, 6.07) is 10.1. The average Bonchev–Trinajstić information content (AvgIpc) is 2.82. The lowest BCUT2D eigenvalue weighted by Crippen LogP contribution is -1.84. The van der Waals surface area contributed by atoms with Crippen molar-refractivity contribution < 1.29 is 0 Å². The molecule has 18 heavy (non-hydrogen) atoms. The number of hydrogen-bond donors (Lipinski definition) is 0. The van der Waals surface area contributed by atoms with Crippen molar-refractivity contribution >= 4 is 17.4 Å². The minimum atomic E-state index is 0.845. The van der Waals surface area contributed by atoms with Crippen molar-refractivity contribution in [3.63, 3.8) is 0 Å². The van der Waals surface area contributed by atoms with Crippen LogP contribution in [0, 0.1) is 6.92 Å². The third kappa shape index (κ3) is 2.24.